The molecule has 2 fully saturated rings. The minimum Gasteiger partial charge on any atom is -0.461 e. The third kappa shape index (κ3) is 3.26. The number of nitrogens with zero attached hydrogens (tertiary/aromatic N) is 3. The highest BCUT2D eigenvalue weighted by atomic mass is 35.5. The summed E-state index contributed by atoms with van der Waals surface area (Å²) in [7, 11) is 3.94. The zero-order valence-electron chi connectivity index (χ0n) is 14.0. The Labute approximate surface area is 146 Å². The summed E-state index contributed by atoms with van der Waals surface area (Å²) in [5, 5.41) is 0.356. The molecule has 1 aromatic heterocycles. The Morgan fingerprint density at radius 3 is 2.79 bits per heavy atom. The molecule has 2 aliphatic rings. The quantitative estimate of drug-likeness (QED) is 0.777. The van der Waals surface area contributed by atoms with Crippen molar-refractivity contribution < 1.29 is 14.3 Å². The predicted octanol–water partition coefficient (Wildman–Crippen LogP) is 1.83. The fraction of sp³-hybridized carbons (Fsp3) is 0.588. The Morgan fingerprint density at radius 2 is 2.17 bits per heavy atom. The molecule has 6 nitrogen and oxygen atoms in total. The zero-order valence-corrected chi connectivity index (χ0v) is 14.8. The first-order valence-corrected chi connectivity index (χ1v) is 8.54. The largest absolute Gasteiger partial charge is 0.461 e. The molecule has 24 heavy (non-hydrogen) atoms. The lowest BCUT2D eigenvalue weighted by molar-refractivity contribution is -0.150. The Kier molecular flexibility index (Phi) is 4.78. The van der Waals surface area contributed by atoms with E-state index in [1.54, 1.807) is 17.2 Å². The highest BCUT2D eigenvalue weighted by Crippen LogP contribution is 2.43. The fourth-order valence-electron chi connectivity index (χ4n) is 3.61. The number of cyclic esters (lactones) is 1. The van der Waals surface area contributed by atoms with Gasteiger partial charge in [-0.25, -0.2) is 0 Å². The van der Waals surface area contributed by atoms with Gasteiger partial charge in [-0.05, 0) is 33.0 Å². The van der Waals surface area contributed by atoms with Gasteiger partial charge in [0.2, 0.25) is 0 Å². The molecule has 0 radical (unpaired) electrons. The number of likely N-dealkylation sites (tertiary alicyclic amines) is 1. The number of amides is 1. The first kappa shape index (κ1) is 17.2. The third-order valence-corrected chi connectivity index (χ3v) is 5.21. The van der Waals surface area contributed by atoms with E-state index in [-0.39, 0.29) is 18.0 Å². The molecule has 1 unspecified atom stereocenters. The average molecular weight is 352 g/mol. The number of carbonyl (C=O) groups is 2. The van der Waals surface area contributed by atoms with Gasteiger partial charge in [0, 0.05) is 38.4 Å². The Bertz CT molecular complexity index is 642. The van der Waals surface area contributed by atoms with Crippen molar-refractivity contribution >= 4 is 23.5 Å². The van der Waals surface area contributed by atoms with E-state index in [0.29, 0.717) is 36.5 Å². The summed E-state index contributed by atoms with van der Waals surface area (Å²) < 4.78 is 5.55. The minimum absolute atomic E-state index is 0.0515. The summed E-state index contributed by atoms with van der Waals surface area (Å²) in [5.41, 5.74) is 0.0292. The lowest BCUT2D eigenvalue weighted by Gasteiger charge is -2.36. The maximum Gasteiger partial charge on any atom is 0.312 e. The van der Waals surface area contributed by atoms with Crippen LogP contribution in [0, 0.1) is 5.41 Å². The van der Waals surface area contributed by atoms with Crippen LogP contribution < -0.4 is 0 Å². The lowest BCUT2D eigenvalue weighted by Crippen LogP contribution is -2.45. The van der Waals surface area contributed by atoms with Gasteiger partial charge >= 0.3 is 5.97 Å². The van der Waals surface area contributed by atoms with E-state index < -0.39 is 5.41 Å². The van der Waals surface area contributed by atoms with Gasteiger partial charge in [0.05, 0.1) is 16.0 Å². The predicted molar refractivity (Wildman–Crippen MR) is 89.9 cm³/mol. The molecular formula is C17H22ClN3O3. The number of likely N-dealkylation sites (N-methyl/N-ethyl adjacent to an activating group) is 1. The summed E-state index contributed by atoms with van der Waals surface area (Å²) in [5.74, 6) is -0.211. The monoisotopic (exact) mass is 351 g/mol. The Morgan fingerprint density at radius 1 is 1.46 bits per heavy atom. The number of rotatable bonds is 3. The number of pyridine rings is 1. The van der Waals surface area contributed by atoms with Gasteiger partial charge in [-0.3, -0.25) is 14.6 Å². The number of hydrogen-bond acceptors (Lipinski definition) is 5. The molecule has 0 bridgehead atoms. The van der Waals surface area contributed by atoms with Crippen molar-refractivity contribution in [3.05, 3.63) is 29.0 Å². The maximum absolute atomic E-state index is 12.6. The molecule has 3 heterocycles. The third-order valence-electron chi connectivity index (χ3n) is 4.90. The molecule has 130 valence electrons. The first-order chi connectivity index (χ1) is 11.4. The van der Waals surface area contributed by atoms with Crippen LogP contribution in [0.15, 0.2) is 18.5 Å². The van der Waals surface area contributed by atoms with Crippen LogP contribution in [0.2, 0.25) is 5.02 Å². The number of halogens is 1. The number of piperidine rings is 1. The summed E-state index contributed by atoms with van der Waals surface area (Å²) >= 11 is 6.06. The van der Waals surface area contributed by atoms with E-state index in [4.69, 9.17) is 16.3 Å². The van der Waals surface area contributed by atoms with Crippen molar-refractivity contribution in [2.75, 3.05) is 33.7 Å². The second kappa shape index (κ2) is 6.69. The van der Waals surface area contributed by atoms with Crippen molar-refractivity contribution in [3.63, 3.8) is 0 Å². The topological polar surface area (TPSA) is 62.7 Å². The molecule has 3 rings (SSSR count). The van der Waals surface area contributed by atoms with Gasteiger partial charge in [0.1, 0.15) is 6.10 Å². The van der Waals surface area contributed by atoms with Crippen molar-refractivity contribution in [1.82, 2.24) is 14.8 Å². The van der Waals surface area contributed by atoms with Crippen molar-refractivity contribution in [2.45, 2.75) is 25.4 Å². The van der Waals surface area contributed by atoms with Crippen molar-refractivity contribution in [2.24, 2.45) is 5.41 Å². The smallest absolute Gasteiger partial charge is 0.312 e. The molecule has 1 amide bonds. The van der Waals surface area contributed by atoms with Crippen LogP contribution in [0.5, 0.6) is 0 Å². The molecule has 1 atom stereocenters. The lowest BCUT2D eigenvalue weighted by atomic mass is 9.76. The average Bonchev–Trinajstić information content (AvgIpc) is 2.82. The van der Waals surface area contributed by atoms with Crippen molar-refractivity contribution in [1.29, 1.82) is 0 Å². The van der Waals surface area contributed by atoms with Gasteiger partial charge < -0.3 is 14.5 Å². The van der Waals surface area contributed by atoms with Crippen LogP contribution in [-0.4, -0.2) is 66.5 Å². The summed E-state index contributed by atoms with van der Waals surface area (Å²) in [4.78, 5) is 32.7. The molecule has 0 aromatic carbocycles. The van der Waals surface area contributed by atoms with Crippen LogP contribution in [0.4, 0.5) is 0 Å². The number of ether oxygens (including phenoxy) is 1. The van der Waals surface area contributed by atoms with E-state index in [1.807, 2.05) is 19.0 Å². The highest BCUT2D eigenvalue weighted by Gasteiger charge is 2.50. The zero-order chi connectivity index (χ0) is 17.3. The summed E-state index contributed by atoms with van der Waals surface area (Å²) in [6.07, 6.45) is 5.01. The molecule has 1 aromatic rings. The van der Waals surface area contributed by atoms with E-state index >= 15 is 0 Å². The SMILES string of the molecule is CN(C)CC1CC2(CCN(C(=O)c3ccncc3Cl)CC2)C(=O)O1. The normalized spacial score (nSPS) is 22.9. The van der Waals surface area contributed by atoms with E-state index in [1.165, 1.54) is 6.20 Å². The minimum atomic E-state index is -0.431. The summed E-state index contributed by atoms with van der Waals surface area (Å²) in [6.45, 7) is 1.82. The fourth-order valence-corrected chi connectivity index (χ4v) is 3.81. The van der Waals surface area contributed by atoms with Gasteiger partial charge in [-0.15, -0.1) is 0 Å². The highest BCUT2D eigenvalue weighted by molar-refractivity contribution is 6.33. The second-order valence-corrected chi connectivity index (χ2v) is 7.33. The Hall–Kier alpha value is -1.66. The molecule has 7 heteroatoms. The number of aromatic nitrogens is 1. The van der Waals surface area contributed by atoms with Crippen LogP contribution in [-0.2, 0) is 9.53 Å². The van der Waals surface area contributed by atoms with Crippen LogP contribution in [0.1, 0.15) is 29.6 Å². The van der Waals surface area contributed by atoms with Crippen LogP contribution >= 0.6 is 11.6 Å². The molecule has 0 saturated carbocycles. The second-order valence-electron chi connectivity index (χ2n) is 6.92. The molecule has 0 N–H and O–H groups in total. The van der Waals surface area contributed by atoms with E-state index in [0.717, 1.165) is 13.0 Å². The first-order valence-electron chi connectivity index (χ1n) is 8.16. The van der Waals surface area contributed by atoms with Crippen LogP contribution in [0.25, 0.3) is 0 Å². The summed E-state index contributed by atoms with van der Waals surface area (Å²) in [6, 6.07) is 1.63. The van der Waals surface area contributed by atoms with Gasteiger partial charge in [-0.2, -0.15) is 0 Å². The number of carbonyl (C=O) groups excluding carboxylic acids is 2. The standard InChI is InChI=1S/C17H22ClN3O3/c1-20(2)11-12-9-17(16(23)24-12)4-7-21(8-5-17)15(22)13-3-6-19-10-14(13)18/h3,6,10,12H,4-5,7-9,11H2,1-2H3. The molecule has 2 saturated heterocycles. The molecular weight excluding hydrogens is 330 g/mol. The molecule has 2 aliphatic heterocycles. The van der Waals surface area contributed by atoms with Crippen LogP contribution in [0.3, 0.4) is 0 Å². The van der Waals surface area contributed by atoms with Crippen molar-refractivity contribution in [3.8, 4) is 0 Å². The van der Waals surface area contributed by atoms with Gasteiger partial charge in [-0.1, -0.05) is 11.6 Å². The molecule has 0 aliphatic carbocycles. The van der Waals surface area contributed by atoms with E-state index in [2.05, 4.69) is 4.98 Å². The maximum atomic E-state index is 12.6. The van der Waals surface area contributed by atoms with E-state index in [9.17, 15) is 9.59 Å². The molecule has 1 spiro atoms. The van der Waals surface area contributed by atoms with Gasteiger partial charge in [0.15, 0.2) is 0 Å². The Balaban J connectivity index is 1.65. The van der Waals surface area contributed by atoms with Gasteiger partial charge in [0.25, 0.3) is 5.91 Å². The number of esters is 1. The number of hydrogen-bond donors (Lipinski definition) is 0.